The Morgan fingerprint density at radius 3 is 2.48 bits per heavy atom. The van der Waals surface area contributed by atoms with E-state index in [-0.39, 0.29) is 17.4 Å². The normalized spacial score (nSPS) is 29.0. The van der Waals surface area contributed by atoms with Crippen molar-refractivity contribution in [3.63, 3.8) is 0 Å². The van der Waals surface area contributed by atoms with Crippen LogP contribution in [0.4, 0.5) is 0 Å². The van der Waals surface area contributed by atoms with Gasteiger partial charge < -0.3 is 49.2 Å². The Morgan fingerprint density at radius 2 is 1.79 bits per heavy atom. The second-order valence-electron chi connectivity index (χ2n) is 8.04. The van der Waals surface area contributed by atoms with E-state index in [0.717, 1.165) is 5.56 Å². The van der Waals surface area contributed by atoms with Crippen LogP contribution in [0.2, 0.25) is 0 Å². The number of benzene rings is 2. The molecule has 0 aliphatic carbocycles. The largest absolute Gasteiger partial charge is 0.504 e. The molecule has 2 aliphatic heterocycles. The van der Waals surface area contributed by atoms with Crippen LogP contribution in [0.25, 0.3) is 0 Å². The molecule has 2 heterocycles. The van der Waals surface area contributed by atoms with Gasteiger partial charge in [-0.05, 0) is 24.1 Å². The summed E-state index contributed by atoms with van der Waals surface area (Å²) in [6.45, 7) is -0.234. The minimum absolute atomic E-state index is 0.0106. The zero-order valence-electron chi connectivity index (χ0n) is 18.2. The van der Waals surface area contributed by atoms with E-state index in [0.29, 0.717) is 35.8 Å². The number of ether oxygens (including phenoxy) is 5. The van der Waals surface area contributed by atoms with Crippen LogP contribution < -0.4 is 18.9 Å². The van der Waals surface area contributed by atoms with E-state index in [2.05, 4.69) is 0 Å². The van der Waals surface area contributed by atoms with Crippen molar-refractivity contribution in [1.82, 2.24) is 0 Å². The lowest BCUT2D eigenvalue weighted by molar-refractivity contribution is -0.277. The molecule has 6 atom stereocenters. The first-order valence-corrected chi connectivity index (χ1v) is 10.5. The van der Waals surface area contributed by atoms with E-state index in [9.17, 15) is 25.5 Å². The molecule has 10 heteroatoms. The maximum atomic E-state index is 10.7. The molecule has 0 aromatic heterocycles. The van der Waals surface area contributed by atoms with Crippen LogP contribution in [0.5, 0.6) is 28.7 Å². The molecule has 2 aliphatic rings. The van der Waals surface area contributed by atoms with Crippen molar-refractivity contribution in [3.05, 3.63) is 41.5 Å². The van der Waals surface area contributed by atoms with Crippen molar-refractivity contribution in [2.45, 2.75) is 43.0 Å². The maximum absolute atomic E-state index is 10.7. The third kappa shape index (κ3) is 4.40. The highest BCUT2D eigenvalue weighted by molar-refractivity contribution is 5.57. The molecule has 33 heavy (non-hydrogen) atoms. The maximum Gasteiger partial charge on any atom is 0.229 e. The average molecular weight is 464 g/mol. The first-order valence-electron chi connectivity index (χ1n) is 10.5. The molecule has 0 spiro atoms. The molecule has 180 valence electrons. The molecule has 0 radical (unpaired) electrons. The molecule has 0 unspecified atom stereocenters. The summed E-state index contributed by atoms with van der Waals surface area (Å²) in [5, 5.41) is 50.0. The highest BCUT2D eigenvalue weighted by Gasteiger charge is 2.44. The molecule has 1 fully saturated rings. The first-order chi connectivity index (χ1) is 15.9. The molecule has 2 aromatic carbocycles. The molecular formula is C23H28O10. The molecule has 0 saturated carbocycles. The van der Waals surface area contributed by atoms with Crippen molar-refractivity contribution < 1.29 is 49.2 Å². The summed E-state index contributed by atoms with van der Waals surface area (Å²) in [6.07, 6.45) is -6.22. The summed E-state index contributed by atoms with van der Waals surface area (Å²) in [5.74, 6) is 1.50. The molecule has 0 bridgehead atoms. The number of hydrogen-bond donors (Lipinski definition) is 5. The van der Waals surface area contributed by atoms with Gasteiger partial charge in [-0.25, -0.2) is 0 Å². The molecule has 10 nitrogen and oxygen atoms in total. The number of aliphatic hydroxyl groups is 4. The van der Waals surface area contributed by atoms with Gasteiger partial charge in [0, 0.05) is 17.5 Å². The SMILES string of the molecule is COc1ccc([C@H]2COc3cc(O[C@@H]4O[C@@H](CO)[C@H](O)[C@@H](O)[C@@H]4O)ccc3C2)c(O)c1OC. The molecule has 0 amide bonds. The van der Waals surface area contributed by atoms with Crippen LogP contribution in [0.1, 0.15) is 17.0 Å². The van der Waals surface area contributed by atoms with Gasteiger partial charge in [0.1, 0.15) is 35.9 Å². The minimum atomic E-state index is -1.52. The van der Waals surface area contributed by atoms with Gasteiger partial charge in [-0.2, -0.15) is 0 Å². The van der Waals surface area contributed by atoms with Gasteiger partial charge in [0.15, 0.2) is 11.5 Å². The summed E-state index contributed by atoms with van der Waals surface area (Å²) >= 11 is 0. The topological polar surface area (TPSA) is 147 Å². The smallest absolute Gasteiger partial charge is 0.229 e. The van der Waals surface area contributed by atoms with E-state index in [1.807, 2.05) is 0 Å². The van der Waals surface area contributed by atoms with Crippen LogP contribution in [-0.4, -0.2) is 83.7 Å². The van der Waals surface area contributed by atoms with Crippen LogP contribution in [0.3, 0.4) is 0 Å². The molecular weight excluding hydrogens is 436 g/mol. The fraction of sp³-hybridized carbons (Fsp3) is 0.478. The summed E-state index contributed by atoms with van der Waals surface area (Å²) < 4.78 is 27.5. The van der Waals surface area contributed by atoms with E-state index in [1.54, 1.807) is 30.3 Å². The van der Waals surface area contributed by atoms with Crippen LogP contribution in [-0.2, 0) is 11.2 Å². The minimum Gasteiger partial charge on any atom is -0.504 e. The Kier molecular flexibility index (Phi) is 6.82. The van der Waals surface area contributed by atoms with Crippen molar-refractivity contribution >= 4 is 0 Å². The Hall–Kier alpha value is -2.76. The van der Waals surface area contributed by atoms with E-state index in [4.69, 9.17) is 23.7 Å². The van der Waals surface area contributed by atoms with Crippen molar-refractivity contribution in [2.75, 3.05) is 27.4 Å². The van der Waals surface area contributed by atoms with Crippen molar-refractivity contribution in [1.29, 1.82) is 0 Å². The number of aromatic hydroxyl groups is 1. The van der Waals surface area contributed by atoms with Gasteiger partial charge in [-0.15, -0.1) is 0 Å². The number of methoxy groups -OCH3 is 2. The second-order valence-corrected chi connectivity index (χ2v) is 8.04. The Bertz CT molecular complexity index is 978. The van der Waals surface area contributed by atoms with E-state index >= 15 is 0 Å². The Morgan fingerprint density at radius 1 is 1.00 bits per heavy atom. The third-order valence-electron chi connectivity index (χ3n) is 6.04. The van der Waals surface area contributed by atoms with Crippen LogP contribution >= 0.6 is 0 Å². The van der Waals surface area contributed by atoms with Crippen molar-refractivity contribution in [2.24, 2.45) is 0 Å². The molecule has 4 rings (SSSR count). The van der Waals surface area contributed by atoms with E-state index in [1.165, 1.54) is 14.2 Å². The van der Waals surface area contributed by atoms with Gasteiger partial charge in [0.25, 0.3) is 0 Å². The monoisotopic (exact) mass is 464 g/mol. The second kappa shape index (κ2) is 9.62. The summed E-state index contributed by atoms with van der Waals surface area (Å²) in [7, 11) is 2.96. The quantitative estimate of drug-likeness (QED) is 0.405. The number of phenolic OH excluding ortho intramolecular Hbond substituents is 1. The van der Waals surface area contributed by atoms with Crippen molar-refractivity contribution in [3.8, 4) is 28.7 Å². The lowest BCUT2D eigenvalue weighted by atomic mass is 9.89. The zero-order valence-corrected chi connectivity index (χ0v) is 18.2. The Labute approximate surface area is 190 Å². The first kappa shape index (κ1) is 23.4. The number of hydrogen-bond acceptors (Lipinski definition) is 10. The van der Waals surface area contributed by atoms with Gasteiger partial charge in [0.05, 0.1) is 27.4 Å². The van der Waals surface area contributed by atoms with Crippen LogP contribution in [0, 0.1) is 0 Å². The lowest BCUT2D eigenvalue weighted by Gasteiger charge is -2.39. The Balaban J connectivity index is 1.50. The zero-order chi connectivity index (χ0) is 23.7. The van der Waals surface area contributed by atoms with Crippen LogP contribution in [0.15, 0.2) is 30.3 Å². The van der Waals surface area contributed by atoms with Gasteiger partial charge in [0.2, 0.25) is 12.0 Å². The predicted octanol–water partition coefficient (Wildman–Crippen LogP) is 0.307. The predicted molar refractivity (Wildman–Crippen MR) is 114 cm³/mol. The van der Waals surface area contributed by atoms with Gasteiger partial charge in [-0.1, -0.05) is 12.1 Å². The summed E-state index contributed by atoms with van der Waals surface area (Å²) in [6, 6.07) is 8.63. The molecule has 5 N–H and O–H groups in total. The molecule has 2 aromatic rings. The number of phenols is 1. The number of rotatable bonds is 6. The standard InChI is InChI=1S/C23H28O10/c1-29-15-6-5-14(18(25)22(15)30-2)12-7-11-3-4-13(8-16(11)31-10-12)32-23-21(28)20(27)19(26)17(9-24)33-23/h3-6,8,12,17,19-21,23-28H,7,9-10H2,1-2H3/t12-,17+,19+,20-,21+,23-/m1/s1. The average Bonchev–Trinajstić information content (AvgIpc) is 2.83. The third-order valence-corrected chi connectivity index (χ3v) is 6.04. The number of fused-ring (bicyclic) bond motifs is 1. The summed E-state index contributed by atoms with van der Waals surface area (Å²) in [5.41, 5.74) is 1.57. The molecule has 1 saturated heterocycles. The highest BCUT2D eigenvalue weighted by atomic mass is 16.7. The number of aliphatic hydroxyl groups excluding tert-OH is 4. The summed E-state index contributed by atoms with van der Waals surface area (Å²) in [4.78, 5) is 0. The fourth-order valence-electron chi connectivity index (χ4n) is 4.18. The van der Waals surface area contributed by atoms with Gasteiger partial charge in [-0.3, -0.25) is 0 Å². The van der Waals surface area contributed by atoms with Gasteiger partial charge >= 0.3 is 0 Å². The van der Waals surface area contributed by atoms with E-state index < -0.39 is 37.3 Å². The lowest BCUT2D eigenvalue weighted by Crippen LogP contribution is -2.60. The fourth-order valence-corrected chi connectivity index (χ4v) is 4.18. The highest BCUT2D eigenvalue weighted by Crippen LogP contribution is 2.44.